The lowest BCUT2D eigenvalue weighted by atomic mass is 10.1. The second-order valence-corrected chi connectivity index (χ2v) is 6.03. The molecule has 2 aromatic carbocycles. The predicted octanol–water partition coefficient (Wildman–Crippen LogP) is 4.32. The Balaban J connectivity index is 0.000000166. The van der Waals surface area contributed by atoms with Gasteiger partial charge in [-0.25, -0.2) is 14.4 Å². The molecule has 0 unspecified atom stereocenters. The molecule has 4 rings (SSSR count). The molecule has 0 aliphatic heterocycles. The number of benzene rings is 2. The van der Waals surface area contributed by atoms with E-state index >= 15 is 0 Å². The number of rotatable bonds is 2. The summed E-state index contributed by atoms with van der Waals surface area (Å²) < 4.78 is 13.0. The minimum absolute atomic E-state index is 0.0475. The van der Waals surface area contributed by atoms with Gasteiger partial charge in [-0.3, -0.25) is 20.2 Å². The lowest BCUT2D eigenvalue weighted by Gasteiger charge is -2.01. The van der Waals surface area contributed by atoms with Gasteiger partial charge in [-0.1, -0.05) is 18.2 Å². The second-order valence-electron chi connectivity index (χ2n) is 6.03. The van der Waals surface area contributed by atoms with Crippen LogP contribution in [0.4, 0.5) is 21.6 Å². The van der Waals surface area contributed by atoms with Crippen molar-refractivity contribution >= 4 is 39.0 Å². The van der Waals surface area contributed by atoms with E-state index in [9.17, 15) is 24.6 Å². The standard InChI is InChI=1S/C10H7FN2O2.C9H7N3O2/c1-6-8-4-7(11)2-3-9(8)12-5-10(6)13(14)15;10-9-8(12(13)14)5-6-3-1-2-4-7(6)11-9/h2-5H,1H3;1-5H,(H2,10,11). The Kier molecular flexibility index (Phi) is 5.26. The third-order valence-corrected chi connectivity index (χ3v) is 4.20. The largest absolute Gasteiger partial charge is 0.378 e. The molecule has 0 bridgehead atoms. The molecule has 0 aliphatic carbocycles. The van der Waals surface area contributed by atoms with Crippen LogP contribution in [0.3, 0.4) is 0 Å². The predicted molar refractivity (Wildman–Crippen MR) is 106 cm³/mol. The number of para-hydroxylation sites is 1. The molecule has 10 heteroatoms. The average molecular weight is 395 g/mol. The summed E-state index contributed by atoms with van der Waals surface area (Å²) in [5, 5.41) is 22.4. The zero-order valence-corrected chi connectivity index (χ0v) is 15.1. The van der Waals surface area contributed by atoms with Gasteiger partial charge in [-0.2, -0.15) is 0 Å². The molecule has 9 nitrogen and oxygen atoms in total. The highest BCUT2D eigenvalue weighted by atomic mass is 19.1. The highest BCUT2D eigenvalue weighted by molar-refractivity contribution is 5.85. The van der Waals surface area contributed by atoms with E-state index in [1.54, 1.807) is 31.2 Å². The van der Waals surface area contributed by atoms with Crippen LogP contribution in [-0.4, -0.2) is 19.8 Å². The lowest BCUT2D eigenvalue weighted by molar-refractivity contribution is -0.385. The lowest BCUT2D eigenvalue weighted by Crippen LogP contribution is -1.98. The van der Waals surface area contributed by atoms with Crippen molar-refractivity contribution in [2.45, 2.75) is 6.92 Å². The fourth-order valence-electron chi connectivity index (χ4n) is 2.74. The first-order valence-corrected chi connectivity index (χ1v) is 8.27. The summed E-state index contributed by atoms with van der Waals surface area (Å²) in [5.74, 6) is -0.471. The highest BCUT2D eigenvalue weighted by Crippen LogP contribution is 2.25. The smallest absolute Gasteiger partial charge is 0.311 e. The van der Waals surface area contributed by atoms with E-state index in [1.807, 2.05) is 0 Å². The van der Waals surface area contributed by atoms with Crippen molar-refractivity contribution in [2.24, 2.45) is 0 Å². The third kappa shape index (κ3) is 4.05. The summed E-state index contributed by atoms with van der Waals surface area (Å²) in [6.07, 6.45) is 1.19. The number of pyridine rings is 2. The summed E-state index contributed by atoms with van der Waals surface area (Å²) >= 11 is 0. The van der Waals surface area contributed by atoms with E-state index in [2.05, 4.69) is 9.97 Å². The van der Waals surface area contributed by atoms with Crippen LogP contribution in [0.2, 0.25) is 0 Å². The van der Waals surface area contributed by atoms with Crippen LogP contribution in [0.15, 0.2) is 54.7 Å². The van der Waals surface area contributed by atoms with Gasteiger partial charge in [0.25, 0.3) is 5.69 Å². The van der Waals surface area contributed by atoms with Crippen LogP contribution < -0.4 is 5.73 Å². The van der Waals surface area contributed by atoms with Gasteiger partial charge in [0.05, 0.1) is 20.9 Å². The quantitative estimate of drug-likeness (QED) is 0.394. The SMILES string of the molecule is Cc1c([N+](=O)[O-])cnc2ccc(F)cc12.Nc1nc2ccccc2cc1[N+](=O)[O-]. The Hall–Kier alpha value is -4.21. The van der Waals surface area contributed by atoms with Gasteiger partial charge in [0, 0.05) is 22.4 Å². The number of nitrogens with zero attached hydrogens (tertiary/aromatic N) is 4. The van der Waals surface area contributed by atoms with Gasteiger partial charge < -0.3 is 5.73 Å². The van der Waals surface area contributed by atoms with Gasteiger partial charge in [0.2, 0.25) is 5.82 Å². The molecule has 0 saturated carbocycles. The molecule has 0 atom stereocenters. The molecule has 29 heavy (non-hydrogen) atoms. The van der Waals surface area contributed by atoms with E-state index in [0.29, 0.717) is 27.4 Å². The number of aryl methyl sites for hydroxylation is 1. The molecule has 4 aromatic rings. The first kappa shape index (κ1) is 19.5. The minimum atomic E-state index is -0.533. The molecular formula is C19H14FN5O4. The Bertz CT molecular complexity index is 1260. The number of nitro groups is 2. The van der Waals surface area contributed by atoms with E-state index in [0.717, 1.165) is 0 Å². The van der Waals surface area contributed by atoms with Gasteiger partial charge >= 0.3 is 5.69 Å². The first-order valence-electron chi connectivity index (χ1n) is 8.27. The van der Waals surface area contributed by atoms with E-state index in [1.165, 1.54) is 30.5 Å². The maximum atomic E-state index is 13.0. The molecule has 0 saturated heterocycles. The molecule has 0 aliphatic rings. The normalized spacial score (nSPS) is 10.4. The van der Waals surface area contributed by atoms with Crippen molar-refractivity contribution < 1.29 is 14.2 Å². The Labute approximate surface area is 162 Å². The number of fused-ring (bicyclic) bond motifs is 2. The number of hydrogen-bond acceptors (Lipinski definition) is 7. The van der Waals surface area contributed by atoms with E-state index in [-0.39, 0.29) is 17.2 Å². The van der Waals surface area contributed by atoms with Crippen molar-refractivity contribution in [3.63, 3.8) is 0 Å². The average Bonchev–Trinajstić information content (AvgIpc) is 2.68. The Morgan fingerprint density at radius 2 is 1.66 bits per heavy atom. The van der Waals surface area contributed by atoms with Crippen molar-refractivity contribution in [2.75, 3.05) is 5.73 Å². The molecule has 146 valence electrons. The topological polar surface area (TPSA) is 138 Å². The van der Waals surface area contributed by atoms with Crippen molar-refractivity contribution in [3.05, 3.63) is 86.3 Å². The van der Waals surface area contributed by atoms with Crippen LogP contribution in [0.25, 0.3) is 21.8 Å². The minimum Gasteiger partial charge on any atom is -0.378 e. The summed E-state index contributed by atoms with van der Waals surface area (Å²) in [4.78, 5) is 27.9. The van der Waals surface area contributed by atoms with Crippen LogP contribution in [0, 0.1) is 33.0 Å². The number of hydrogen-bond donors (Lipinski definition) is 1. The van der Waals surface area contributed by atoms with Crippen LogP contribution in [0.5, 0.6) is 0 Å². The Morgan fingerprint density at radius 1 is 0.966 bits per heavy atom. The Morgan fingerprint density at radius 3 is 2.34 bits per heavy atom. The number of halogens is 1. The molecule has 0 fully saturated rings. The maximum Gasteiger partial charge on any atom is 0.311 e. The summed E-state index contributed by atoms with van der Waals surface area (Å²) in [5.41, 5.74) is 6.85. The van der Waals surface area contributed by atoms with Crippen molar-refractivity contribution in [3.8, 4) is 0 Å². The monoisotopic (exact) mass is 395 g/mol. The van der Waals surface area contributed by atoms with Gasteiger partial charge in [-0.05, 0) is 31.2 Å². The number of anilines is 1. The van der Waals surface area contributed by atoms with E-state index < -0.39 is 15.7 Å². The van der Waals surface area contributed by atoms with E-state index in [4.69, 9.17) is 5.73 Å². The molecule has 0 amide bonds. The first-order chi connectivity index (χ1) is 13.8. The van der Waals surface area contributed by atoms with Crippen LogP contribution >= 0.6 is 0 Å². The fraction of sp³-hybridized carbons (Fsp3) is 0.0526. The van der Waals surface area contributed by atoms with Crippen molar-refractivity contribution in [1.82, 2.24) is 9.97 Å². The zero-order valence-electron chi connectivity index (χ0n) is 15.1. The summed E-state index contributed by atoms with van der Waals surface area (Å²) in [7, 11) is 0. The summed E-state index contributed by atoms with van der Waals surface area (Å²) in [6, 6.07) is 12.6. The van der Waals surface area contributed by atoms with Crippen molar-refractivity contribution in [1.29, 1.82) is 0 Å². The number of nitrogens with two attached hydrogens (primary N) is 1. The third-order valence-electron chi connectivity index (χ3n) is 4.20. The maximum absolute atomic E-state index is 13.0. The number of nitrogen functional groups attached to an aromatic ring is 1. The molecular weight excluding hydrogens is 381 g/mol. The molecule has 0 radical (unpaired) electrons. The zero-order chi connectivity index (χ0) is 21.1. The molecule has 2 heterocycles. The summed E-state index contributed by atoms with van der Waals surface area (Å²) in [6.45, 7) is 1.58. The molecule has 2 N–H and O–H groups in total. The molecule has 2 aromatic heterocycles. The van der Waals surface area contributed by atoms with Gasteiger partial charge in [0.1, 0.15) is 12.0 Å². The molecule has 0 spiro atoms. The second kappa shape index (κ2) is 7.80. The highest BCUT2D eigenvalue weighted by Gasteiger charge is 2.14. The fourth-order valence-corrected chi connectivity index (χ4v) is 2.74. The van der Waals surface area contributed by atoms with Gasteiger partial charge in [0.15, 0.2) is 0 Å². The van der Waals surface area contributed by atoms with Crippen LogP contribution in [-0.2, 0) is 0 Å². The van der Waals surface area contributed by atoms with Gasteiger partial charge in [-0.15, -0.1) is 0 Å². The number of aromatic nitrogens is 2. The van der Waals surface area contributed by atoms with Crippen LogP contribution in [0.1, 0.15) is 5.56 Å².